The summed E-state index contributed by atoms with van der Waals surface area (Å²) in [5.74, 6) is 0.995. The molecular weight excluding hydrogens is 150 g/mol. The Balaban J connectivity index is 2.27. The Morgan fingerprint density at radius 1 is 1.50 bits per heavy atom. The number of rotatable bonds is 2. The van der Waals surface area contributed by atoms with Gasteiger partial charge in [0.2, 0.25) is 5.91 Å². The summed E-state index contributed by atoms with van der Waals surface area (Å²) >= 11 is 0. The van der Waals surface area contributed by atoms with Crippen molar-refractivity contribution in [1.82, 2.24) is 5.32 Å². The average molecular weight is 169 g/mol. The lowest BCUT2D eigenvalue weighted by molar-refractivity contribution is -0.121. The summed E-state index contributed by atoms with van der Waals surface area (Å²) in [6, 6.07) is 0.459. The SMILES string of the molecule is CCC(=O)NC1CCCC(C)C1. The molecule has 2 heteroatoms. The highest BCUT2D eigenvalue weighted by atomic mass is 16.1. The molecule has 1 rings (SSSR count). The van der Waals surface area contributed by atoms with Crippen molar-refractivity contribution < 1.29 is 4.79 Å². The molecule has 0 aromatic heterocycles. The quantitative estimate of drug-likeness (QED) is 0.673. The zero-order valence-corrected chi connectivity index (χ0v) is 8.10. The molecule has 2 unspecified atom stereocenters. The van der Waals surface area contributed by atoms with Crippen LogP contribution in [0.5, 0.6) is 0 Å². The van der Waals surface area contributed by atoms with Gasteiger partial charge in [0, 0.05) is 12.5 Å². The first-order valence-electron chi connectivity index (χ1n) is 5.01. The first kappa shape index (κ1) is 9.56. The van der Waals surface area contributed by atoms with Gasteiger partial charge in [0.25, 0.3) is 0 Å². The minimum atomic E-state index is 0.203. The summed E-state index contributed by atoms with van der Waals surface area (Å²) in [4.78, 5) is 11.1. The summed E-state index contributed by atoms with van der Waals surface area (Å²) in [7, 11) is 0. The standard InChI is InChI=1S/C10H19NO/c1-3-10(12)11-9-6-4-5-8(2)7-9/h8-9H,3-7H2,1-2H3,(H,11,12). The topological polar surface area (TPSA) is 29.1 Å². The largest absolute Gasteiger partial charge is 0.353 e. The fourth-order valence-corrected chi connectivity index (χ4v) is 1.89. The van der Waals surface area contributed by atoms with E-state index in [0.29, 0.717) is 12.5 Å². The second-order valence-electron chi connectivity index (χ2n) is 3.89. The Morgan fingerprint density at radius 3 is 2.83 bits per heavy atom. The average Bonchev–Trinajstić information content (AvgIpc) is 2.04. The van der Waals surface area contributed by atoms with E-state index in [1.165, 1.54) is 25.7 Å². The van der Waals surface area contributed by atoms with Crippen molar-refractivity contribution >= 4 is 5.91 Å². The van der Waals surface area contributed by atoms with Gasteiger partial charge in [-0.1, -0.05) is 26.7 Å². The molecule has 1 N–H and O–H groups in total. The summed E-state index contributed by atoms with van der Waals surface area (Å²) in [6.07, 6.45) is 5.57. The molecular formula is C10H19NO. The van der Waals surface area contributed by atoms with Gasteiger partial charge in [-0.25, -0.2) is 0 Å². The van der Waals surface area contributed by atoms with Gasteiger partial charge < -0.3 is 5.32 Å². The maximum Gasteiger partial charge on any atom is 0.219 e. The molecule has 2 atom stereocenters. The van der Waals surface area contributed by atoms with Crippen molar-refractivity contribution in [2.24, 2.45) is 5.92 Å². The van der Waals surface area contributed by atoms with Crippen LogP contribution in [-0.4, -0.2) is 11.9 Å². The van der Waals surface area contributed by atoms with Crippen LogP contribution in [0.4, 0.5) is 0 Å². The van der Waals surface area contributed by atoms with Crippen LogP contribution < -0.4 is 5.32 Å². The fraction of sp³-hybridized carbons (Fsp3) is 0.900. The zero-order chi connectivity index (χ0) is 8.97. The maximum absolute atomic E-state index is 11.1. The monoisotopic (exact) mass is 169 g/mol. The highest BCUT2D eigenvalue weighted by Gasteiger charge is 2.19. The Hall–Kier alpha value is -0.530. The van der Waals surface area contributed by atoms with E-state index in [-0.39, 0.29) is 5.91 Å². The molecule has 0 aromatic carbocycles. The number of amides is 1. The fourth-order valence-electron chi connectivity index (χ4n) is 1.89. The van der Waals surface area contributed by atoms with E-state index >= 15 is 0 Å². The van der Waals surface area contributed by atoms with Crippen LogP contribution in [-0.2, 0) is 4.79 Å². The van der Waals surface area contributed by atoms with Crippen LogP contribution in [0.3, 0.4) is 0 Å². The Kier molecular flexibility index (Phi) is 3.57. The molecule has 1 amide bonds. The van der Waals surface area contributed by atoms with Crippen LogP contribution in [0.25, 0.3) is 0 Å². The number of carbonyl (C=O) groups is 1. The van der Waals surface area contributed by atoms with E-state index in [0.717, 1.165) is 5.92 Å². The molecule has 0 aromatic rings. The van der Waals surface area contributed by atoms with Gasteiger partial charge in [-0.05, 0) is 18.8 Å². The molecule has 0 radical (unpaired) electrons. The highest BCUT2D eigenvalue weighted by Crippen LogP contribution is 2.23. The normalized spacial score (nSPS) is 29.8. The summed E-state index contributed by atoms with van der Waals surface area (Å²) in [5.41, 5.74) is 0. The zero-order valence-electron chi connectivity index (χ0n) is 8.10. The van der Waals surface area contributed by atoms with Gasteiger partial charge in [0.1, 0.15) is 0 Å². The van der Waals surface area contributed by atoms with Gasteiger partial charge in [-0.15, -0.1) is 0 Å². The van der Waals surface area contributed by atoms with E-state index in [4.69, 9.17) is 0 Å². The lowest BCUT2D eigenvalue weighted by atomic mass is 9.87. The number of hydrogen-bond donors (Lipinski definition) is 1. The van der Waals surface area contributed by atoms with Crippen LogP contribution in [0.15, 0.2) is 0 Å². The molecule has 12 heavy (non-hydrogen) atoms. The molecule has 0 heterocycles. The van der Waals surface area contributed by atoms with Gasteiger partial charge in [0.15, 0.2) is 0 Å². The third-order valence-electron chi connectivity index (χ3n) is 2.62. The number of carbonyl (C=O) groups excluding carboxylic acids is 1. The molecule has 1 aliphatic carbocycles. The lowest BCUT2D eigenvalue weighted by Gasteiger charge is -2.27. The van der Waals surface area contributed by atoms with Crippen LogP contribution in [0, 0.1) is 5.92 Å². The van der Waals surface area contributed by atoms with Gasteiger partial charge in [-0.3, -0.25) is 4.79 Å². The first-order chi connectivity index (χ1) is 5.72. The first-order valence-corrected chi connectivity index (χ1v) is 5.01. The maximum atomic E-state index is 11.1. The van der Waals surface area contributed by atoms with Crippen molar-refractivity contribution in [1.29, 1.82) is 0 Å². The molecule has 0 spiro atoms. The molecule has 1 aliphatic rings. The number of hydrogen-bond acceptors (Lipinski definition) is 1. The Morgan fingerprint density at radius 2 is 2.25 bits per heavy atom. The van der Waals surface area contributed by atoms with E-state index in [2.05, 4.69) is 12.2 Å². The smallest absolute Gasteiger partial charge is 0.219 e. The van der Waals surface area contributed by atoms with E-state index in [1.807, 2.05) is 6.92 Å². The third-order valence-corrected chi connectivity index (χ3v) is 2.62. The minimum absolute atomic E-state index is 0.203. The molecule has 0 aliphatic heterocycles. The molecule has 2 nitrogen and oxygen atoms in total. The summed E-state index contributed by atoms with van der Waals surface area (Å²) < 4.78 is 0. The minimum Gasteiger partial charge on any atom is -0.353 e. The lowest BCUT2D eigenvalue weighted by Crippen LogP contribution is -2.37. The van der Waals surface area contributed by atoms with Gasteiger partial charge >= 0.3 is 0 Å². The Labute approximate surface area is 74.7 Å². The second-order valence-corrected chi connectivity index (χ2v) is 3.89. The second kappa shape index (κ2) is 4.48. The van der Waals surface area contributed by atoms with Crippen LogP contribution in [0.2, 0.25) is 0 Å². The molecule has 1 saturated carbocycles. The highest BCUT2D eigenvalue weighted by molar-refractivity contribution is 5.75. The van der Waals surface area contributed by atoms with Crippen molar-refractivity contribution in [3.05, 3.63) is 0 Å². The predicted molar refractivity (Wildman–Crippen MR) is 49.9 cm³/mol. The summed E-state index contributed by atoms with van der Waals surface area (Å²) in [5, 5.41) is 3.06. The van der Waals surface area contributed by atoms with E-state index in [1.54, 1.807) is 0 Å². The van der Waals surface area contributed by atoms with E-state index in [9.17, 15) is 4.79 Å². The molecule has 1 fully saturated rings. The van der Waals surface area contributed by atoms with Crippen molar-refractivity contribution in [3.8, 4) is 0 Å². The third kappa shape index (κ3) is 2.84. The molecule has 0 saturated heterocycles. The Bertz CT molecular complexity index is 156. The van der Waals surface area contributed by atoms with Crippen molar-refractivity contribution in [2.45, 2.75) is 52.0 Å². The van der Waals surface area contributed by atoms with E-state index < -0.39 is 0 Å². The van der Waals surface area contributed by atoms with Crippen molar-refractivity contribution in [3.63, 3.8) is 0 Å². The van der Waals surface area contributed by atoms with Gasteiger partial charge in [0.05, 0.1) is 0 Å². The molecule has 0 bridgehead atoms. The molecule has 70 valence electrons. The predicted octanol–water partition coefficient (Wildman–Crippen LogP) is 2.09. The van der Waals surface area contributed by atoms with Crippen molar-refractivity contribution in [2.75, 3.05) is 0 Å². The van der Waals surface area contributed by atoms with Crippen LogP contribution >= 0.6 is 0 Å². The summed E-state index contributed by atoms with van der Waals surface area (Å²) in [6.45, 7) is 4.17. The van der Waals surface area contributed by atoms with Crippen LogP contribution in [0.1, 0.15) is 46.0 Å². The number of nitrogens with one attached hydrogen (secondary N) is 1. The van der Waals surface area contributed by atoms with Gasteiger partial charge in [-0.2, -0.15) is 0 Å².